The van der Waals surface area contributed by atoms with E-state index in [0.29, 0.717) is 0 Å². The zero-order valence-corrected chi connectivity index (χ0v) is 13.2. The fourth-order valence-corrected chi connectivity index (χ4v) is 4.19. The van der Waals surface area contributed by atoms with E-state index >= 15 is 0 Å². The molecule has 0 radical (unpaired) electrons. The van der Waals surface area contributed by atoms with Crippen molar-refractivity contribution in [3.63, 3.8) is 0 Å². The van der Waals surface area contributed by atoms with Crippen LogP contribution in [-0.2, 0) is 5.33 Å². The Morgan fingerprint density at radius 2 is 2.05 bits per heavy atom. The van der Waals surface area contributed by atoms with E-state index in [0.717, 1.165) is 29.4 Å². The summed E-state index contributed by atoms with van der Waals surface area (Å²) >= 11 is 5.32. The van der Waals surface area contributed by atoms with Crippen LogP contribution in [0.5, 0.6) is 0 Å². The van der Waals surface area contributed by atoms with Gasteiger partial charge in [0.05, 0.1) is 5.69 Å². The van der Waals surface area contributed by atoms with Gasteiger partial charge in [0.2, 0.25) is 0 Å². The lowest BCUT2D eigenvalue weighted by atomic mass is 10.3. The molecule has 0 unspecified atom stereocenters. The van der Waals surface area contributed by atoms with Crippen LogP contribution in [0.15, 0.2) is 11.6 Å². The largest absolute Gasteiger partial charge is 0.352 e. The molecule has 102 valence electrons. The lowest BCUT2D eigenvalue weighted by molar-refractivity contribution is 0.247. The molecule has 2 aliphatic rings. The molecule has 6 heteroatoms. The van der Waals surface area contributed by atoms with Crippen LogP contribution in [0.1, 0.15) is 18.5 Å². The van der Waals surface area contributed by atoms with Gasteiger partial charge in [0.15, 0.2) is 10.8 Å². The Balaban J connectivity index is 1.58. The van der Waals surface area contributed by atoms with E-state index in [-0.39, 0.29) is 0 Å². The van der Waals surface area contributed by atoms with Crippen LogP contribution in [0, 0.1) is 0 Å². The summed E-state index contributed by atoms with van der Waals surface area (Å²) in [7, 11) is 0. The number of piperazine rings is 1. The summed E-state index contributed by atoms with van der Waals surface area (Å²) in [5.74, 6) is 1.18. The van der Waals surface area contributed by atoms with E-state index in [1.54, 1.807) is 11.3 Å². The van der Waals surface area contributed by atoms with E-state index in [1.165, 1.54) is 37.4 Å². The summed E-state index contributed by atoms with van der Waals surface area (Å²) in [5.41, 5.74) is 1.29. The predicted octanol–water partition coefficient (Wildman–Crippen LogP) is 2.58. The highest BCUT2D eigenvalue weighted by Crippen LogP contribution is 2.30. The number of hydrogen-bond donors (Lipinski definition) is 0. The molecule has 1 saturated heterocycles. The first-order valence-corrected chi connectivity index (χ1v) is 8.86. The number of anilines is 1. The summed E-state index contributed by atoms with van der Waals surface area (Å²) < 4.78 is 2.21. The second-order valence-corrected chi connectivity index (χ2v) is 6.76. The molecular formula is C13H17BrN4S. The van der Waals surface area contributed by atoms with Crippen molar-refractivity contribution in [3.8, 4) is 0 Å². The van der Waals surface area contributed by atoms with Gasteiger partial charge in [-0.1, -0.05) is 15.9 Å². The lowest BCUT2D eigenvalue weighted by Gasteiger charge is -2.35. The van der Waals surface area contributed by atoms with Gasteiger partial charge in [-0.25, -0.2) is 4.98 Å². The molecule has 1 aliphatic heterocycles. The summed E-state index contributed by atoms with van der Waals surface area (Å²) in [6, 6.07) is 0.892. The summed E-state index contributed by atoms with van der Waals surface area (Å²) in [5, 5.41) is 2.96. The maximum absolute atomic E-state index is 4.81. The summed E-state index contributed by atoms with van der Waals surface area (Å²) in [6.45, 7) is 4.61. The Bertz CT molecular complexity index is 580. The quantitative estimate of drug-likeness (QED) is 0.802. The highest BCUT2D eigenvalue weighted by molar-refractivity contribution is 9.08. The molecule has 2 fully saturated rings. The van der Waals surface area contributed by atoms with Crippen molar-refractivity contribution in [1.29, 1.82) is 0 Å². The highest BCUT2D eigenvalue weighted by atomic mass is 79.9. The molecule has 0 N–H and O–H groups in total. The van der Waals surface area contributed by atoms with Gasteiger partial charge in [0, 0.05) is 49.1 Å². The molecule has 3 heterocycles. The Hall–Kier alpha value is -0.590. The van der Waals surface area contributed by atoms with Crippen molar-refractivity contribution in [1.82, 2.24) is 14.3 Å². The average Bonchev–Trinajstić information content (AvgIpc) is 3.09. The van der Waals surface area contributed by atoms with E-state index in [4.69, 9.17) is 4.98 Å². The minimum absolute atomic E-state index is 0.864. The maximum atomic E-state index is 4.81. The van der Waals surface area contributed by atoms with Gasteiger partial charge in [0.25, 0.3) is 0 Å². The fraction of sp³-hybridized carbons (Fsp3) is 0.615. The maximum Gasteiger partial charge on any atom is 0.195 e. The number of alkyl halides is 1. The van der Waals surface area contributed by atoms with Crippen LogP contribution in [0.2, 0.25) is 0 Å². The second kappa shape index (κ2) is 4.75. The number of rotatable bonds is 3. The van der Waals surface area contributed by atoms with E-state index in [2.05, 4.69) is 41.7 Å². The van der Waals surface area contributed by atoms with Gasteiger partial charge < -0.3 is 4.90 Å². The minimum Gasteiger partial charge on any atom is -0.352 e. The molecule has 1 saturated carbocycles. The molecule has 4 nitrogen and oxygen atoms in total. The number of halogens is 1. The standard InChI is InChI=1S/C13H17BrN4S/c14-9-11-12(15-13-18(11)7-8-19-13)17-5-3-16(4-6-17)10-1-2-10/h7-8,10H,1-6,9H2. The molecular weight excluding hydrogens is 324 g/mol. The molecule has 1 aliphatic carbocycles. The van der Waals surface area contributed by atoms with E-state index in [9.17, 15) is 0 Å². The normalized spacial score (nSPS) is 21.4. The topological polar surface area (TPSA) is 23.8 Å². The van der Waals surface area contributed by atoms with Crippen molar-refractivity contribution in [3.05, 3.63) is 17.3 Å². The molecule has 4 rings (SSSR count). The van der Waals surface area contributed by atoms with Gasteiger partial charge in [-0.05, 0) is 12.8 Å². The number of fused-ring (bicyclic) bond motifs is 1. The molecule has 2 aromatic heterocycles. The van der Waals surface area contributed by atoms with Crippen LogP contribution in [0.25, 0.3) is 4.96 Å². The van der Waals surface area contributed by atoms with Crippen LogP contribution in [0.3, 0.4) is 0 Å². The Kier molecular flexibility index (Phi) is 3.04. The molecule has 0 spiro atoms. The monoisotopic (exact) mass is 340 g/mol. The zero-order valence-electron chi connectivity index (χ0n) is 10.8. The second-order valence-electron chi connectivity index (χ2n) is 5.33. The van der Waals surface area contributed by atoms with Crippen molar-refractivity contribution >= 4 is 38.0 Å². The SMILES string of the molecule is BrCc1c(N2CCN(C3CC3)CC2)nc2sccn12. The van der Waals surface area contributed by atoms with Crippen molar-refractivity contribution < 1.29 is 0 Å². The molecule has 0 bridgehead atoms. The number of hydrogen-bond acceptors (Lipinski definition) is 4. The van der Waals surface area contributed by atoms with Crippen LogP contribution < -0.4 is 4.90 Å². The number of nitrogens with zero attached hydrogens (tertiary/aromatic N) is 4. The van der Waals surface area contributed by atoms with Gasteiger partial charge in [0.1, 0.15) is 0 Å². The fourth-order valence-electron chi connectivity index (χ4n) is 2.94. The third-order valence-electron chi connectivity index (χ3n) is 4.14. The van der Waals surface area contributed by atoms with Crippen LogP contribution in [-0.4, -0.2) is 46.5 Å². The molecule has 0 amide bonds. The zero-order chi connectivity index (χ0) is 12.8. The Morgan fingerprint density at radius 1 is 1.26 bits per heavy atom. The van der Waals surface area contributed by atoms with Crippen molar-refractivity contribution in [2.45, 2.75) is 24.2 Å². The van der Waals surface area contributed by atoms with Gasteiger partial charge in [-0.2, -0.15) is 0 Å². The smallest absolute Gasteiger partial charge is 0.195 e. The van der Waals surface area contributed by atoms with E-state index in [1.807, 2.05) is 0 Å². The van der Waals surface area contributed by atoms with Gasteiger partial charge in [-0.15, -0.1) is 11.3 Å². The van der Waals surface area contributed by atoms with E-state index < -0.39 is 0 Å². The molecule has 19 heavy (non-hydrogen) atoms. The number of thiazole rings is 1. The molecule has 0 atom stereocenters. The molecule has 0 aromatic carbocycles. The molecule has 2 aromatic rings. The van der Waals surface area contributed by atoms with Crippen molar-refractivity contribution in [2.75, 3.05) is 31.1 Å². The highest BCUT2D eigenvalue weighted by Gasteiger charge is 2.32. The first kappa shape index (κ1) is 12.2. The number of aromatic nitrogens is 2. The lowest BCUT2D eigenvalue weighted by Crippen LogP contribution is -2.47. The Labute approximate surface area is 125 Å². The summed E-state index contributed by atoms with van der Waals surface area (Å²) in [4.78, 5) is 11.0. The summed E-state index contributed by atoms with van der Waals surface area (Å²) in [6.07, 6.45) is 4.94. The van der Waals surface area contributed by atoms with Crippen LogP contribution in [0.4, 0.5) is 5.82 Å². The number of imidazole rings is 1. The first-order valence-electron chi connectivity index (χ1n) is 6.86. The first-order chi connectivity index (χ1) is 9.36. The Morgan fingerprint density at radius 3 is 2.74 bits per heavy atom. The third kappa shape index (κ3) is 2.10. The average molecular weight is 341 g/mol. The van der Waals surface area contributed by atoms with Gasteiger partial charge in [-0.3, -0.25) is 9.30 Å². The third-order valence-corrected chi connectivity index (χ3v) is 5.43. The predicted molar refractivity (Wildman–Crippen MR) is 82.5 cm³/mol. The van der Waals surface area contributed by atoms with Crippen molar-refractivity contribution in [2.24, 2.45) is 0 Å². The minimum atomic E-state index is 0.864. The van der Waals surface area contributed by atoms with Gasteiger partial charge >= 0.3 is 0 Å². The van der Waals surface area contributed by atoms with Crippen LogP contribution >= 0.6 is 27.3 Å².